The number of nitro benzene ring substituents is 1. The van der Waals surface area contributed by atoms with Gasteiger partial charge in [-0.1, -0.05) is 0 Å². The Hall–Kier alpha value is -1.67. The molecule has 20 heavy (non-hydrogen) atoms. The van der Waals surface area contributed by atoms with Crippen molar-refractivity contribution in [2.45, 2.75) is 24.9 Å². The second-order valence-electron chi connectivity index (χ2n) is 4.58. The number of primary amides is 1. The van der Waals surface area contributed by atoms with Crippen LogP contribution in [0.25, 0.3) is 0 Å². The molecule has 1 aliphatic carbocycles. The molecule has 7 nitrogen and oxygen atoms in total. The lowest BCUT2D eigenvalue weighted by Crippen LogP contribution is -2.46. The fourth-order valence-electron chi connectivity index (χ4n) is 1.64. The van der Waals surface area contributed by atoms with Crippen LogP contribution in [0.5, 0.6) is 5.75 Å². The van der Waals surface area contributed by atoms with Crippen molar-refractivity contribution in [3.8, 4) is 5.75 Å². The third kappa shape index (κ3) is 3.91. The molecule has 0 radical (unpaired) electrons. The molecule has 1 saturated carbocycles. The molecule has 3 N–H and O–H groups in total. The summed E-state index contributed by atoms with van der Waals surface area (Å²) in [7, 11) is 0. The maximum Gasteiger partial charge on any atom is 0.273 e. The zero-order chi connectivity index (χ0) is 14.7. The Labute approximate surface area is 123 Å². The number of halogens is 1. The number of nitrogens with zero attached hydrogens (tertiary/aromatic N) is 1. The van der Waals surface area contributed by atoms with Gasteiger partial charge in [-0.2, -0.15) is 0 Å². The molecule has 1 atom stereocenters. The first-order chi connectivity index (χ1) is 9.47. The molecule has 1 fully saturated rings. The van der Waals surface area contributed by atoms with E-state index in [1.54, 1.807) is 0 Å². The van der Waals surface area contributed by atoms with E-state index in [9.17, 15) is 14.9 Å². The van der Waals surface area contributed by atoms with Gasteiger partial charge < -0.3 is 15.8 Å². The minimum atomic E-state index is -0.603. The molecule has 1 aliphatic rings. The molecule has 0 spiro atoms. The van der Waals surface area contributed by atoms with E-state index >= 15 is 0 Å². The average Bonchev–Trinajstić information content (AvgIpc) is 3.19. The topological polar surface area (TPSA) is 107 Å². The van der Waals surface area contributed by atoms with E-state index in [1.165, 1.54) is 18.2 Å². The van der Waals surface area contributed by atoms with Gasteiger partial charge in [0.15, 0.2) is 0 Å². The lowest BCUT2D eigenvalue weighted by atomic mass is 10.3. The molecule has 108 valence electrons. The fourth-order valence-corrected chi connectivity index (χ4v) is 2.00. The van der Waals surface area contributed by atoms with Gasteiger partial charge in [-0.05, 0) is 34.8 Å². The minimum absolute atomic E-state index is 0.0333. The summed E-state index contributed by atoms with van der Waals surface area (Å²) in [6, 6.07) is 3.91. The standard InChI is InChI=1S/C12H14BrN3O4/c13-9-4-3-8(16(18)19)5-11(9)20-6-10(12(14)17)15-7-1-2-7/h3-5,7,10,15H,1-2,6H2,(H2,14,17). The number of non-ortho nitro benzene ring substituents is 1. The van der Waals surface area contributed by atoms with E-state index in [0.717, 1.165) is 12.8 Å². The van der Waals surface area contributed by atoms with Crippen LogP contribution in [0.4, 0.5) is 5.69 Å². The first kappa shape index (κ1) is 14.7. The Morgan fingerprint density at radius 3 is 2.85 bits per heavy atom. The van der Waals surface area contributed by atoms with Crippen LogP contribution >= 0.6 is 15.9 Å². The van der Waals surface area contributed by atoms with E-state index in [1.807, 2.05) is 0 Å². The minimum Gasteiger partial charge on any atom is -0.490 e. The number of amides is 1. The van der Waals surface area contributed by atoms with E-state index in [-0.39, 0.29) is 12.3 Å². The Morgan fingerprint density at radius 2 is 2.30 bits per heavy atom. The molecular weight excluding hydrogens is 330 g/mol. The van der Waals surface area contributed by atoms with E-state index < -0.39 is 16.9 Å². The number of nitrogens with one attached hydrogen (secondary N) is 1. The quantitative estimate of drug-likeness (QED) is 0.573. The normalized spacial score (nSPS) is 15.7. The van der Waals surface area contributed by atoms with Crippen LogP contribution in [-0.2, 0) is 4.79 Å². The average molecular weight is 344 g/mol. The number of nitrogens with two attached hydrogens (primary N) is 1. The summed E-state index contributed by atoms with van der Waals surface area (Å²) in [5.41, 5.74) is 5.22. The number of rotatable bonds is 7. The molecule has 0 heterocycles. The van der Waals surface area contributed by atoms with Crippen LogP contribution in [0, 0.1) is 10.1 Å². The summed E-state index contributed by atoms with van der Waals surface area (Å²) in [5, 5.41) is 13.8. The van der Waals surface area contributed by atoms with Crippen LogP contribution in [-0.4, -0.2) is 29.5 Å². The lowest BCUT2D eigenvalue weighted by molar-refractivity contribution is -0.385. The summed E-state index contributed by atoms with van der Waals surface area (Å²) in [6.45, 7) is 0.0333. The largest absolute Gasteiger partial charge is 0.490 e. The summed E-state index contributed by atoms with van der Waals surface area (Å²) in [6.07, 6.45) is 2.04. The zero-order valence-corrected chi connectivity index (χ0v) is 12.1. The lowest BCUT2D eigenvalue weighted by Gasteiger charge is -2.16. The van der Waals surface area contributed by atoms with Gasteiger partial charge in [-0.25, -0.2) is 0 Å². The number of benzene rings is 1. The van der Waals surface area contributed by atoms with Crippen molar-refractivity contribution >= 4 is 27.5 Å². The van der Waals surface area contributed by atoms with Gasteiger partial charge in [-0.3, -0.25) is 14.9 Å². The summed E-state index contributed by atoms with van der Waals surface area (Å²) < 4.78 is 6.05. The maximum absolute atomic E-state index is 11.3. The van der Waals surface area contributed by atoms with Crippen LogP contribution < -0.4 is 15.8 Å². The van der Waals surface area contributed by atoms with Crippen LogP contribution in [0.2, 0.25) is 0 Å². The monoisotopic (exact) mass is 343 g/mol. The van der Waals surface area contributed by atoms with E-state index in [4.69, 9.17) is 10.5 Å². The maximum atomic E-state index is 11.3. The molecule has 1 unspecified atom stereocenters. The third-order valence-corrected chi connectivity index (χ3v) is 3.54. The summed E-state index contributed by atoms with van der Waals surface area (Å²) >= 11 is 3.25. The second kappa shape index (κ2) is 6.19. The number of carbonyl (C=O) groups is 1. The Morgan fingerprint density at radius 1 is 1.60 bits per heavy atom. The van der Waals surface area contributed by atoms with Gasteiger partial charge in [0.1, 0.15) is 18.4 Å². The molecular formula is C12H14BrN3O4. The molecule has 0 aromatic heterocycles. The molecule has 8 heteroatoms. The number of ether oxygens (including phenoxy) is 1. The van der Waals surface area contributed by atoms with Crippen molar-refractivity contribution < 1.29 is 14.5 Å². The van der Waals surface area contributed by atoms with Gasteiger partial charge in [0.2, 0.25) is 5.91 Å². The number of hydrogen-bond acceptors (Lipinski definition) is 5. The Bertz CT molecular complexity index is 533. The molecule has 0 bridgehead atoms. The SMILES string of the molecule is NC(=O)C(COc1cc([N+](=O)[O-])ccc1Br)NC1CC1. The fraction of sp³-hybridized carbons (Fsp3) is 0.417. The highest BCUT2D eigenvalue weighted by molar-refractivity contribution is 9.10. The molecule has 1 aromatic rings. The van der Waals surface area contributed by atoms with Crippen molar-refractivity contribution in [3.05, 3.63) is 32.8 Å². The highest BCUT2D eigenvalue weighted by atomic mass is 79.9. The van der Waals surface area contributed by atoms with Gasteiger partial charge in [0.25, 0.3) is 5.69 Å². The predicted molar refractivity (Wildman–Crippen MR) is 75.4 cm³/mol. The van der Waals surface area contributed by atoms with Gasteiger partial charge in [0.05, 0.1) is 15.5 Å². The molecule has 0 saturated heterocycles. The Balaban J connectivity index is 2.02. The number of carbonyl (C=O) groups excluding carboxylic acids is 1. The second-order valence-corrected chi connectivity index (χ2v) is 5.43. The zero-order valence-electron chi connectivity index (χ0n) is 10.5. The molecule has 1 aromatic carbocycles. The Kier molecular flexibility index (Phi) is 4.56. The summed E-state index contributed by atoms with van der Waals surface area (Å²) in [4.78, 5) is 21.5. The van der Waals surface area contributed by atoms with E-state index in [0.29, 0.717) is 16.3 Å². The van der Waals surface area contributed by atoms with Crippen molar-refractivity contribution in [1.82, 2.24) is 5.32 Å². The van der Waals surface area contributed by atoms with Crippen LogP contribution in [0.3, 0.4) is 0 Å². The first-order valence-electron chi connectivity index (χ1n) is 6.09. The van der Waals surface area contributed by atoms with Crippen molar-refractivity contribution in [3.63, 3.8) is 0 Å². The van der Waals surface area contributed by atoms with Gasteiger partial charge in [0, 0.05) is 12.1 Å². The third-order valence-electron chi connectivity index (χ3n) is 2.89. The van der Waals surface area contributed by atoms with Crippen LogP contribution in [0.1, 0.15) is 12.8 Å². The van der Waals surface area contributed by atoms with Crippen molar-refractivity contribution in [2.75, 3.05) is 6.61 Å². The van der Waals surface area contributed by atoms with Gasteiger partial charge >= 0.3 is 0 Å². The van der Waals surface area contributed by atoms with Crippen LogP contribution in [0.15, 0.2) is 22.7 Å². The van der Waals surface area contributed by atoms with Crippen molar-refractivity contribution in [1.29, 1.82) is 0 Å². The molecule has 2 rings (SSSR count). The highest BCUT2D eigenvalue weighted by Crippen LogP contribution is 2.29. The first-order valence-corrected chi connectivity index (χ1v) is 6.89. The number of hydrogen-bond donors (Lipinski definition) is 2. The highest BCUT2D eigenvalue weighted by Gasteiger charge is 2.27. The number of nitro groups is 1. The predicted octanol–water partition coefficient (Wildman–Crippen LogP) is 1.34. The smallest absolute Gasteiger partial charge is 0.273 e. The molecule has 1 amide bonds. The summed E-state index contributed by atoms with van der Waals surface area (Å²) in [5.74, 6) is -0.193. The molecule has 0 aliphatic heterocycles. The van der Waals surface area contributed by atoms with Gasteiger partial charge in [-0.15, -0.1) is 0 Å². The van der Waals surface area contributed by atoms with Crippen molar-refractivity contribution in [2.24, 2.45) is 5.73 Å². The van der Waals surface area contributed by atoms with E-state index in [2.05, 4.69) is 21.2 Å².